The summed E-state index contributed by atoms with van der Waals surface area (Å²) in [5.41, 5.74) is 0. The summed E-state index contributed by atoms with van der Waals surface area (Å²) < 4.78 is 0. The minimum atomic E-state index is 0.0622. The summed E-state index contributed by atoms with van der Waals surface area (Å²) in [5, 5.41) is 11.6. The molecule has 0 aromatic carbocycles. The maximum atomic E-state index is 10.8. The highest BCUT2D eigenvalue weighted by Crippen LogP contribution is 2.09. The molecule has 1 fully saturated rings. The van der Waals surface area contributed by atoms with Crippen molar-refractivity contribution < 1.29 is 9.90 Å². The Balaban J connectivity index is 2.11. The monoisotopic (exact) mass is 200 g/mol. The third kappa shape index (κ3) is 4.07. The number of amides is 1. The third-order valence-electron chi connectivity index (χ3n) is 2.56. The van der Waals surface area contributed by atoms with Crippen molar-refractivity contribution in [2.45, 2.75) is 32.2 Å². The van der Waals surface area contributed by atoms with Gasteiger partial charge in [-0.2, -0.15) is 0 Å². The van der Waals surface area contributed by atoms with Crippen molar-refractivity contribution >= 4 is 5.91 Å². The zero-order valence-corrected chi connectivity index (χ0v) is 8.83. The Morgan fingerprint density at radius 2 is 2.36 bits per heavy atom. The molecule has 1 saturated heterocycles. The lowest BCUT2D eigenvalue weighted by Gasteiger charge is -2.15. The first-order valence-electron chi connectivity index (χ1n) is 5.32. The lowest BCUT2D eigenvalue weighted by atomic mass is 10.2. The maximum absolute atomic E-state index is 10.8. The fourth-order valence-electron chi connectivity index (χ4n) is 1.89. The van der Waals surface area contributed by atoms with Gasteiger partial charge in [0.1, 0.15) is 0 Å². The van der Waals surface area contributed by atoms with Crippen LogP contribution in [0.4, 0.5) is 0 Å². The lowest BCUT2D eigenvalue weighted by molar-refractivity contribution is -0.119. The number of aliphatic hydroxyl groups excluding tert-OH is 1. The summed E-state index contributed by atoms with van der Waals surface area (Å²) in [6.45, 7) is 4.91. The minimum absolute atomic E-state index is 0.0622. The molecule has 0 spiro atoms. The SMILES string of the molecule is CC(=O)NC1CCN(CCCCO)C1. The van der Waals surface area contributed by atoms with Crippen molar-refractivity contribution in [3.63, 3.8) is 0 Å². The number of nitrogens with zero attached hydrogens (tertiary/aromatic N) is 1. The van der Waals surface area contributed by atoms with Gasteiger partial charge in [0.25, 0.3) is 0 Å². The lowest BCUT2D eigenvalue weighted by Crippen LogP contribution is -2.35. The molecule has 0 saturated carbocycles. The minimum Gasteiger partial charge on any atom is -0.396 e. The molecule has 1 aliphatic rings. The zero-order chi connectivity index (χ0) is 10.4. The fraction of sp³-hybridized carbons (Fsp3) is 0.900. The molecule has 1 rings (SSSR count). The molecule has 82 valence electrons. The second kappa shape index (κ2) is 5.98. The molecule has 2 N–H and O–H groups in total. The van der Waals surface area contributed by atoms with Gasteiger partial charge >= 0.3 is 0 Å². The van der Waals surface area contributed by atoms with Crippen LogP contribution in [0.15, 0.2) is 0 Å². The molecule has 14 heavy (non-hydrogen) atoms. The number of rotatable bonds is 5. The first-order valence-corrected chi connectivity index (χ1v) is 5.32. The van der Waals surface area contributed by atoms with E-state index in [1.807, 2.05) is 0 Å². The topological polar surface area (TPSA) is 52.6 Å². The van der Waals surface area contributed by atoms with Crippen LogP contribution in [0.5, 0.6) is 0 Å². The van der Waals surface area contributed by atoms with Crippen molar-refractivity contribution in [2.75, 3.05) is 26.2 Å². The molecule has 0 bridgehead atoms. The molecule has 1 unspecified atom stereocenters. The smallest absolute Gasteiger partial charge is 0.217 e. The number of unbranched alkanes of at least 4 members (excludes halogenated alkanes) is 1. The number of hydrogen-bond donors (Lipinski definition) is 2. The van der Waals surface area contributed by atoms with Gasteiger partial charge in [-0.3, -0.25) is 4.79 Å². The number of carbonyl (C=O) groups excluding carboxylic acids is 1. The first kappa shape index (κ1) is 11.5. The number of nitrogens with one attached hydrogen (secondary N) is 1. The normalized spacial score (nSPS) is 22.6. The van der Waals surface area contributed by atoms with E-state index < -0.39 is 0 Å². The summed E-state index contributed by atoms with van der Waals surface area (Å²) >= 11 is 0. The van der Waals surface area contributed by atoms with Gasteiger partial charge in [0.15, 0.2) is 0 Å². The molecule has 1 heterocycles. The maximum Gasteiger partial charge on any atom is 0.217 e. The number of likely N-dealkylation sites (tertiary alicyclic amines) is 1. The summed E-state index contributed by atoms with van der Waals surface area (Å²) in [6, 6.07) is 0.335. The van der Waals surface area contributed by atoms with Gasteiger partial charge in [-0.15, -0.1) is 0 Å². The van der Waals surface area contributed by atoms with E-state index in [9.17, 15) is 4.79 Å². The van der Waals surface area contributed by atoms with Crippen molar-refractivity contribution in [3.05, 3.63) is 0 Å². The molecule has 4 heteroatoms. The summed E-state index contributed by atoms with van der Waals surface area (Å²) in [5.74, 6) is 0.0622. The van der Waals surface area contributed by atoms with Crippen LogP contribution in [0.1, 0.15) is 26.2 Å². The van der Waals surface area contributed by atoms with Crippen LogP contribution < -0.4 is 5.32 Å². The first-order chi connectivity index (χ1) is 6.72. The summed E-state index contributed by atoms with van der Waals surface area (Å²) in [4.78, 5) is 13.1. The Labute approximate surface area is 85.3 Å². The van der Waals surface area contributed by atoms with Gasteiger partial charge in [-0.25, -0.2) is 0 Å². The predicted molar refractivity (Wildman–Crippen MR) is 55.0 cm³/mol. The van der Waals surface area contributed by atoms with Gasteiger partial charge in [-0.1, -0.05) is 0 Å². The molecule has 1 aliphatic heterocycles. The van der Waals surface area contributed by atoms with Crippen LogP contribution in [-0.4, -0.2) is 48.2 Å². The Kier molecular flexibility index (Phi) is 4.90. The van der Waals surface area contributed by atoms with Crippen LogP contribution >= 0.6 is 0 Å². The highest BCUT2D eigenvalue weighted by molar-refractivity contribution is 5.73. The van der Waals surface area contributed by atoms with E-state index in [0.717, 1.165) is 38.9 Å². The third-order valence-corrected chi connectivity index (χ3v) is 2.56. The Morgan fingerprint density at radius 3 is 3.00 bits per heavy atom. The molecule has 1 amide bonds. The molecule has 4 nitrogen and oxygen atoms in total. The van der Waals surface area contributed by atoms with E-state index in [4.69, 9.17) is 5.11 Å². The van der Waals surface area contributed by atoms with Gasteiger partial charge in [0.05, 0.1) is 0 Å². The molecule has 1 atom stereocenters. The van der Waals surface area contributed by atoms with Crippen LogP contribution in [0.2, 0.25) is 0 Å². The molecule has 0 aromatic rings. The van der Waals surface area contributed by atoms with Crippen molar-refractivity contribution in [3.8, 4) is 0 Å². The van der Waals surface area contributed by atoms with Crippen LogP contribution in [0.25, 0.3) is 0 Å². The van der Waals surface area contributed by atoms with E-state index in [1.165, 1.54) is 0 Å². The standard InChI is InChI=1S/C10H20N2O2/c1-9(14)11-10-4-6-12(8-10)5-2-3-7-13/h10,13H,2-8H2,1H3,(H,11,14). The van der Waals surface area contributed by atoms with Gasteiger partial charge in [0.2, 0.25) is 5.91 Å². The Bertz CT molecular complexity index is 185. The van der Waals surface area contributed by atoms with E-state index >= 15 is 0 Å². The van der Waals surface area contributed by atoms with E-state index in [-0.39, 0.29) is 12.5 Å². The van der Waals surface area contributed by atoms with Gasteiger partial charge in [0, 0.05) is 32.7 Å². The number of carbonyl (C=O) groups is 1. The van der Waals surface area contributed by atoms with Crippen molar-refractivity contribution in [1.82, 2.24) is 10.2 Å². The largest absolute Gasteiger partial charge is 0.396 e. The van der Waals surface area contributed by atoms with Crippen LogP contribution in [0, 0.1) is 0 Å². The van der Waals surface area contributed by atoms with Crippen molar-refractivity contribution in [1.29, 1.82) is 0 Å². The van der Waals surface area contributed by atoms with E-state index in [2.05, 4.69) is 10.2 Å². The molecular formula is C10H20N2O2. The zero-order valence-electron chi connectivity index (χ0n) is 8.83. The molecular weight excluding hydrogens is 180 g/mol. The highest BCUT2D eigenvalue weighted by Gasteiger charge is 2.21. The average molecular weight is 200 g/mol. The highest BCUT2D eigenvalue weighted by atomic mass is 16.2. The number of aliphatic hydroxyl groups is 1. The summed E-state index contributed by atoms with van der Waals surface area (Å²) in [6.07, 6.45) is 2.98. The molecule has 0 radical (unpaired) electrons. The number of hydrogen-bond acceptors (Lipinski definition) is 3. The van der Waals surface area contributed by atoms with E-state index in [0.29, 0.717) is 6.04 Å². The predicted octanol–water partition coefficient (Wildman–Crippen LogP) is -0.0307. The van der Waals surface area contributed by atoms with Gasteiger partial charge in [-0.05, 0) is 25.8 Å². The van der Waals surface area contributed by atoms with Crippen LogP contribution in [-0.2, 0) is 4.79 Å². The second-order valence-electron chi connectivity index (χ2n) is 3.92. The Morgan fingerprint density at radius 1 is 1.57 bits per heavy atom. The van der Waals surface area contributed by atoms with Crippen LogP contribution in [0.3, 0.4) is 0 Å². The summed E-state index contributed by atoms with van der Waals surface area (Å²) in [7, 11) is 0. The quantitative estimate of drug-likeness (QED) is 0.613. The van der Waals surface area contributed by atoms with Gasteiger partial charge < -0.3 is 15.3 Å². The van der Waals surface area contributed by atoms with Crippen molar-refractivity contribution in [2.24, 2.45) is 0 Å². The Hall–Kier alpha value is -0.610. The second-order valence-corrected chi connectivity index (χ2v) is 3.92. The fourth-order valence-corrected chi connectivity index (χ4v) is 1.89. The average Bonchev–Trinajstić information content (AvgIpc) is 2.52. The molecule has 0 aliphatic carbocycles. The van der Waals surface area contributed by atoms with E-state index in [1.54, 1.807) is 6.92 Å². The molecule has 0 aromatic heterocycles.